The lowest BCUT2D eigenvalue weighted by Crippen LogP contribution is -2.19. The number of halogens is 2. The molecule has 1 aromatic rings. The van der Waals surface area contributed by atoms with E-state index in [0.717, 1.165) is 14.5 Å². The van der Waals surface area contributed by atoms with Crippen molar-refractivity contribution < 1.29 is 9.53 Å². The molecule has 1 heterocycles. The Kier molecular flexibility index (Phi) is 4.70. The molecule has 0 radical (unpaired) electrons. The Morgan fingerprint density at radius 2 is 2.16 bits per heavy atom. The summed E-state index contributed by atoms with van der Waals surface area (Å²) in [5.74, 6) is 0.537. The first-order valence-corrected chi connectivity index (χ1v) is 7.66. The number of methoxy groups -OCH3 is 1. The summed E-state index contributed by atoms with van der Waals surface area (Å²) in [7, 11) is 3.23. The van der Waals surface area contributed by atoms with Crippen LogP contribution in [-0.4, -0.2) is 25.2 Å². The minimum atomic E-state index is -0.149. The van der Waals surface area contributed by atoms with E-state index < -0.39 is 0 Å². The number of aliphatic imine (C=N–C) groups is 1. The number of thioether (sulfide) groups is 1. The van der Waals surface area contributed by atoms with Crippen molar-refractivity contribution in [3.8, 4) is 5.75 Å². The fourth-order valence-electron chi connectivity index (χ4n) is 1.58. The van der Waals surface area contributed by atoms with Gasteiger partial charge in [0.25, 0.3) is 5.91 Å². The second-order valence-corrected chi connectivity index (χ2v) is 6.40. The van der Waals surface area contributed by atoms with Crippen LogP contribution in [0.15, 0.2) is 31.0 Å². The standard InChI is InChI=1S/C12H10Br2N2O2S/c1-15-12-16-11(17)9(19-12)4-6-3-7(13)5-8(14)10(6)18-2/h3-5H,1-2H3,(H,15,16,17)/b9-4-. The van der Waals surface area contributed by atoms with E-state index in [1.807, 2.05) is 12.1 Å². The summed E-state index contributed by atoms with van der Waals surface area (Å²) in [5.41, 5.74) is 0.818. The Balaban J connectivity index is 2.46. The van der Waals surface area contributed by atoms with Gasteiger partial charge in [0.2, 0.25) is 0 Å². The van der Waals surface area contributed by atoms with E-state index in [1.54, 1.807) is 20.2 Å². The molecule has 4 nitrogen and oxygen atoms in total. The van der Waals surface area contributed by atoms with Crippen LogP contribution in [0.5, 0.6) is 5.75 Å². The summed E-state index contributed by atoms with van der Waals surface area (Å²) in [6.45, 7) is 0. The zero-order chi connectivity index (χ0) is 14.0. The summed E-state index contributed by atoms with van der Waals surface area (Å²) in [4.78, 5) is 16.3. The number of amidine groups is 1. The number of hydrogen-bond donors (Lipinski definition) is 1. The highest BCUT2D eigenvalue weighted by Gasteiger charge is 2.23. The molecule has 7 heteroatoms. The summed E-state index contributed by atoms with van der Waals surface area (Å²) in [6, 6.07) is 3.78. The molecule has 0 unspecified atom stereocenters. The monoisotopic (exact) mass is 404 g/mol. The number of benzene rings is 1. The molecule has 0 atom stereocenters. The Bertz CT molecular complexity index is 600. The molecule has 1 aliphatic rings. The lowest BCUT2D eigenvalue weighted by molar-refractivity contribution is -0.115. The van der Waals surface area contributed by atoms with Crippen LogP contribution >= 0.6 is 43.6 Å². The van der Waals surface area contributed by atoms with Gasteiger partial charge in [-0.3, -0.25) is 9.79 Å². The molecule has 2 rings (SSSR count). The number of amides is 1. The largest absolute Gasteiger partial charge is 0.495 e. The molecule has 1 saturated heterocycles. The van der Waals surface area contributed by atoms with Crippen LogP contribution in [0.3, 0.4) is 0 Å². The highest BCUT2D eigenvalue weighted by molar-refractivity contribution is 9.11. The molecule has 0 aromatic heterocycles. The second-order valence-electron chi connectivity index (χ2n) is 3.60. The topological polar surface area (TPSA) is 50.7 Å². The third-order valence-electron chi connectivity index (χ3n) is 2.38. The molecule has 0 bridgehead atoms. The molecule has 100 valence electrons. The maximum Gasteiger partial charge on any atom is 0.264 e. The summed E-state index contributed by atoms with van der Waals surface area (Å²) in [6.07, 6.45) is 1.78. The van der Waals surface area contributed by atoms with Crippen molar-refractivity contribution in [2.45, 2.75) is 0 Å². The fraction of sp³-hybridized carbons (Fsp3) is 0.167. The van der Waals surface area contributed by atoms with Crippen LogP contribution in [-0.2, 0) is 4.79 Å². The Morgan fingerprint density at radius 3 is 2.74 bits per heavy atom. The summed E-state index contributed by atoms with van der Waals surface area (Å²) < 4.78 is 7.07. The number of carbonyl (C=O) groups excluding carboxylic acids is 1. The average Bonchev–Trinajstić information content (AvgIpc) is 2.70. The molecule has 1 amide bonds. The smallest absolute Gasteiger partial charge is 0.264 e. The molecule has 1 fully saturated rings. The van der Waals surface area contributed by atoms with Crippen LogP contribution < -0.4 is 10.1 Å². The van der Waals surface area contributed by atoms with Crippen LogP contribution in [0.4, 0.5) is 0 Å². The minimum Gasteiger partial charge on any atom is -0.495 e. The molecule has 1 aliphatic heterocycles. The SMILES string of the molecule is CN=C1NC(=O)/C(=C/c2cc(Br)cc(Br)c2OC)S1. The predicted octanol–water partition coefficient (Wildman–Crippen LogP) is 3.41. The van der Waals surface area contributed by atoms with Gasteiger partial charge < -0.3 is 10.1 Å². The van der Waals surface area contributed by atoms with Gasteiger partial charge in [0.05, 0.1) is 16.5 Å². The van der Waals surface area contributed by atoms with Gasteiger partial charge in [-0.2, -0.15) is 0 Å². The summed E-state index contributed by atoms with van der Waals surface area (Å²) in [5, 5.41) is 3.28. The van der Waals surface area contributed by atoms with Crippen LogP contribution in [0, 0.1) is 0 Å². The predicted molar refractivity (Wildman–Crippen MR) is 85.5 cm³/mol. The van der Waals surface area contributed by atoms with E-state index >= 15 is 0 Å². The molecule has 0 spiro atoms. The van der Waals surface area contributed by atoms with E-state index in [9.17, 15) is 4.79 Å². The maximum absolute atomic E-state index is 11.8. The first-order valence-electron chi connectivity index (χ1n) is 5.26. The molecule has 0 aliphatic carbocycles. The van der Waals surface area contributed by atoms with Gasteiger partial charge in [0.1, 0.15) is 5.75 Å². The minimum absolute atomic E-state index is 0.149. The van der Waals surface area contributed by atoms with Gasteiger partial charge in [-0.25, -0.2) is 0 Å². The number of nitrogens with one attached hydrogen (secondary N) is 1. The zero-order valence-electron chi connectivity index (χ0n) is 10.2. The van der Waals surface area contributed by atoms with E-state index in [0.29, 0.717) is 15.8 Å². The molecular formula is C12H10Br2N2O2S. The number of ether oxygens (including phenoxy) is 1. The third-order valence-corrected chi connectivity index (χ3v) is 4.43. The highest BCUT2D eigenvalue weighted by Crippen LogP contribution is 2.36. The van der Waals surface area contributed by atoms with Gasteiger partial charge in [0.15, 0.2) is 5.17 Å². The van der Waals surface area contributed by atoms with Crippen molar-refractivity contribution >= 4 is 60.8 Å². The van der Waals surface area contributed by atoms with Gasteiger partial charge in [-0.1, -0.05) is 15.9 Å². The Labute approximate surface area is 132 Å². The van der Waals surface area contributed by atoms with E-state index in [4.69, 9.17) is 4.74 Å². The number of hydrogen-bond acceptors (Lipinski definition) is 4. The van der Waals surface area contributed by atoms with Gasteiger partial charge in [-0.05, 0) is 45.9 Å². The first-order chi connectivity index (χ1) is 9.05. The van der Waals surface area contributed by atoms with E-state index in [2.05, 4.69) is 42.2 Å². The fourth-order valence-corrected chi connectivity index (χ4v) is 3.77. The molecule has 19 heavy (non-hydrogen) atoms. The van der Waals surface area contributed by atoms with Gasteiger partial charge >= 0.3 is 0 Å². The van der Waals surface area contributed by atoms with Crippen molar-refractivity contribution in [3.63, 3.8) is 0 Å². The maximum atomic E-state index is 11.8. The lowest BCUT2D eigenvalue weighted by atomic mass is 10.2. The number of carbonyl (C=O) groups is 1. The van der Waals surface area contributed by atoms with Gasteiger partial charge in [-0.15, -0.1) is 0 Å². The number of nitrogens with zero attached hydrogens (tertiary/aromatic N) is 1. The average molecular weight is 406 g/mol. The van der Waals surface area contributed by atoms with Crippen LogP contribution in [0.2, 0.25) is 0 Å². The quantitative estimate of drug-likeness (QED) is 0.767. The Morgan fingerprint density at radius 1 is 1.42 bits per heavy atom. The van der Waals surface area contributed by atoms with Crippen LogP contribution in [0.1, 0.15) is 5.56 Å². The molecular weight excluding hydrogens is 396 g/mol. The van der Waals surface area contributed by atoms with Crippen molar-refractivity contribution in [2.24, 2.45) is 4.99 Å². The van der Waals surface area contributed by atoms with E-state index in [1.165, 1.54) is 11.8 Å². The lowest BCUT2D eigenvalue weighted by Gasteiger charge is -2.08. The highest BCUT2D eigenvalue weighted by atomic mass is 79.9. The van der Waals surface area contributed by atoms with Crippen molar-refractivity contribution in [2.75, 3.05) is 14.2 Å². The van der Waals surface area contributed by atoms with Crippen molar-refractivity contribution in [1.82, 2.24) is 5.32 Å². The first kappa shape index (κ1) is 14.6. The van der Waals surface area contributed by atoms with E-state index in [-0.39, 0.29) is 5.91 Å². The van der Waals surface area contributed by atoms with Crippen molar-refractivity contribution in [1.29, 1.82) is 0 Å². The molecule has 0 saturated carbocycles. The Hall–Kier alpha value is -0.790. The molecule has 1 N–H and O–H groups in total. The normalized spacial score (nSPS) is 19.1. The summed E-state index contributed by atoms with van der Waals surface area (Å²) >= 11 is 8.16. The number of rotatable bonds is 2. The molecule has 1 aromatic carbocycles. The van der Waals surface area contributed by atoms with Crippen LogP contribution in [0.25, 0.3) is 6.08 Å². The zero-order valence-corrected chi connectivity index (χ0v) is 14.1. The second kappa shape index (κ2) is 6.11. The third kappa shape index (κ3) is 3.21. The van der Waals surface area contributed by atoms with Crippen molar-refractivity contribution in [3.05, 3.63) is 31.5 Å². The van der Waals surface area contributed by atoms with Gasteiger partial charge in [0, 0.05) is 17.1 Å².